The predicted molar refractivity (Wildman–Crippen MR) is 86.2 cm³/mol. The third kappa shape index (κ3) is 3.04. The van der Waals surface area contributed by atoms with Gasteiger partial charge in [-0.1, -0.05) is 6.07 Å². The number of nitrogens with two attached hydrogens (primary N) is 1. The molecule has 1 amide bonds. The van der Waals surface area contributed by atoms with Gasteiger partial charge in [-0.25, -0.2) is 0 Å². The third-order valence-corrected chi connectivity index (χ3v) is 4.67. The summed E-state index contributed by atoms with van der Waals surface area (Å²) >= 11 is 0. The average molecular weight is 290 g/mol. The Morgan fingerprint density at radius 1 is 1.33 bits per heavy atom. The molecule has 1 aliphatic rings. The highest BCUT2D eigenvalue weighted by atomic mass is 16.2. The first kappa shape index (κ1) is 15.8. The molecule has 21 heavy (non-hydrogen) atoms. The summed E-state index contributed by atoms with van der Waals surface area (Å²) in [7, 11) is 6.05. The molecule has 0 aliphatic heterocycles. The maximum absolute atomic E-state index is 12.7. The second-order valence-electron chi connectivity index (χ2n) is 6.33. The molecule has 0 bridgehead atoms. The molecule has 1 saturated carbocycles. The molecule has 0 unspecified atom stereocenters. The van der Waals surface area contributed by atoms with E-state index in [2.05, 4.69) is 24.4 Å². The van der Waals surface area contributed by atoms with Crippen molar-refractivity contribution in [3.8, 4) is 0 Å². The van der Waals surface area contributed by atoms with Crippen LogP contribution in [-0.4, -0.2) is 48.9 Å². The van der Waals surface area contributed by atoms with E-state index in [0.717, 1.165) is 24.9 Å². The summed E-state index contributed by atoms with van der Waals surface area (Å²) in [5, 5.41) is 0. The fourth-order valence-electron chi connectivity index (χ4n) is 3.01. The normalized spacial score (nSPS) is 16.5. The number of carbonyl (C=O) groups is 1. The average Bonchev–Trinajstić information content (AvgIpc) is 2.41. The Bertz CT molecular complexity index is 523. The molecule has 0 radical (unpaired) electrons. The van der Waals surface area contributed by atoms with Crippen LogP contribution in [0, 0.1) is 6.92 Å². The predicted octanol–water partition coefficient (Wildman–Crippen LogP) is 1.84. The molecule has 0 heterocycles. The van der Waals surface area contributed by atoms with Gasteiger partial charge in [0.1, 0.15) is 0 Å². The summed E-state index contributed by atoms with van der Waals surface area (Å²) in [6.45, 7) is 2.73. The van der Waals surface area contributed by atoms with E-state index < -0.39 is 0 Å². The molecule has 1 fully saturated rings. The van der Waals surface area contributed by atoms with Gasteiger partial charge in [0.05, 0.1) is 11.3 Å². The first-order valence-corrected chi connectivity index (χ1v) is 7.40. The van der Waals surface area contributed by atoms with Crippen molar-refractivity contribution in [2.75, 3.05) is 33.1 Å². The molecule has 1 aliphatic carbocycles. The Hall–Kier alpha value is -1.59. The SMILES string of the molecule is Cc1ccc(C(=O)N(C)CC2(N(C)C)CCC2)c(NN)c1. The minimum Gasteiger partial charge on any atom is -0.340 e. The number of benzene rings is 1. The molecule has 1 aromatic carbocycles. The summed E-state index contributed by atoms with van der Waals surface area (Å²) in [5.74, 6) is 5.55. The minimum absolute atomic E-state index is 0.0103. The van der Waals surface area contributed by atoms with Crippen molar-refractivity contribution in [3.63, 3.8) is 0 Å². The van der Waals surface area contributed by atoms with E-state index in [1.54, 1.807) is 0 Å². The molecule has 0 atom stereocenters. The summed E-state index contributed by atoms with van der Waals surface area (Å²) in [6, 6.07) is 5.67. The highest BCUT2D eigenvalue weighted by molar-refractivity contribution is 5.99. The van der Waals surface area contributed by atoms with Crippen molar-refractivity contribution < 1.29 is 4.79 Å². The van der Waals surface area contributed by atoms with E-state index >= 15 is 0 Å². The quantitative estimate of drug-likeness (QED) is 0.641. The van der Waals surface area contributed by atoms with E-state index in [-0.39, 0.29) is 11.4 Å². The molecule has 2 rings (SSSR count). The van der Waals surface area contributed by atoms with Gasteiger partial charge in [0.25, 0.3) is 5.91 Å². The van der Waals surface area contributed by atoms with Gasteiger partial charge in [0.2, 0.25) is 0 Å². The highest BCUT2D eigenvalue weighted by Gasteiger charge is 2.40. The van der Waals surface area contributed by atoms with Crippen LogP contribution in [0.5, 0.6) is 0 Å². The van der Waals surface area contributed by atoms with Gasteiger partial charge in [-0.05, 0) is 58.0 Å². The van der Waals surface area contributed by atoms with Gasteiger partial charge in [-0.2, -0.15) is 0 Å². The van der Waals surface area contributed by atoms with E-state index in [1.165, 1.54) is 6.42 Å². The summed E-state index contributed by atoms with van der Waals surface area (Å²) < 4.78 is 0. The zero-order valence-electron chi connectivity index (χ0n) is 13.4. The number of nitrogens with zero attached hydrogens (tertiary/aromatic N) is 2. The number of hydrogen-bond donors (Lipinski definition) is 2. The van der Waals surface area contributed by atoms with Gasteiger partial charge in [0.15, 0.2) is 0 Å². The van der Waals surface area contributed by atoms with Gasteiger partial charge in [-0.15, -0.1) is 0 Å². The zero-order valence-corrected chi connectivity index (χ0v) is 13.4. The van der Waals surface area contributed by atoms with Crippen molar-refractivity contribution in [1.82, 2.24) is 9.80 Å². The molecule has 0 aromatic heterocycles. The minimum atomic E-state index is 0.0103. The Labute approximate surface area is 127 Å². The van der Waals surface area contributed by atoms with E-state index in [4.69, 9.17) is 5.84 Å². The number of rotatable bonds is 5. The number of anilines is 1. The lowest BCUT2D eigenvalue weighted by Gasteiger charge is -2.49. The van der Waals surface area contributed by atoms with Crippen LogP contribution in [0.3, 0.4) is 0 Å². The lowest BCUT2D eigenvalue weighted by Crippen LogP contribution is -2.57. The lowest BCUT2D eigenvalue weighted by molar-refractivity contribution is 0.0253. The molecule has 0 spiro atoms. The van der Waals surface area contributed by atoms with Crippen LogP contribution in [-0.2, 0) is 0 Å². The Kier molecular flexibility index (Phi) is 4.54. The van der Waals surface area contributed by atoms with Gasteiger partial charge < -0.3 is 15.2 Å². The topological polar surface area (TPSA) is 61.6 Å². The van der Waals surface area contributed by atoms with Gasteiger partial charge in [-0.3, -0.25) is 10.6 Å². The summed E-state index contributed by atoms with van der Waals surface area (Å²) in [5.41, 5.74) is 5.14. The fraction of sp³-hybridized carbons (Fsp3) is 0.562. The van der Waals surface area contributed by atoms with Crippen LogP contribution in [0.2, 0.25) is 0 Å². The Morgan fingerprint density at radius 3 is 2.48 bits per heavy atom. The number of hydrogen-bond acceptors (Lipinski definition) is 4. The maximum Gasteiger partial charge on any atom is 0.255 e. The molecule has 1 aromatic rings. The lowest BCUT2D eigenvalue weighted by atomic mass is 9.75. The number of carbonyl (C=O) groups excluding carboxylic acids is 1. The van der Waals surface area contributed by atoms with Crippen LogP contribution >= 0.6 is 0 Å². The molecule has 116 valence electrons. The van der Waals surface area contributed by atoms with Crippen LogP contribution in [0.4, 0.5) is 5.69 Å². The van der Waals surface area contributed by atoms with E-state index in [9.17, 15) is 4.79 Å². The summed E-state index contributed by atoms with van der Waals surface area (Å²) in [4.78, 5) is 16.7. The number of likely N-dealkylation sites (N-methyl/N-ethyl adjacent to an activating group) is 2. The van der Waals surface area contributed by atoms with Crippen molar-refractivity contribution in [2.45, 2.75) is 31.7 Å². The first-order chi connectivity index (χ1) is 9.89. The number of nitrogens with one attached hydrogen (secondary N) is 1. The van der Waals surface area contributed by atoms with Crippen LogP contribution in [0.1, 0.15) is 35.2 Å². The number of hydrazine groups is 1. The van der Waals surface area contributed by atoms with E-state index in [1.807, 2.05) is 37.1 Å². The van der Waals surface area contributed by atoms with Gasteiger partial charge >= 0.3 is 0 Å². The smallest absolute Gasteiger partial charge is 0.255 e. The monoisotopic (exact) mass is 290 g/mol. The van der Waals surface area contributed by atoms with Crippen LogP contribution in [0.15, 0.2) is 18.2 Å². The molecule has 5 heteroatoms. The van der Waals surface area contributed by atoms with Crippen molar-refractivity contribution in [2.24, 2.45) is 5.84 Å². The van der Waals surface area contributed by atoms with Crippen LogP contribution < -0.4 is 11.3 Å². The molecule has 3 N–H and O–H groups in total. The maximum atomic E-state index is 12.7. The molecule has 5 nitrogen and oxygen atoms in total. The standard InChI is InChI=1S/C16H26N4O/c1-12-6-7-13(14(10-12)18-17)15(21)20(4)11-16(19(2)3)8-5-9-16/h6-7,10,18H,5,8-9,11,17H2,1-4H3. The van der Waals surface area contributed by atoms with Gasteiger partial charge in [0, 0.05) is 19.1 Å². The fourth-order valence-corrected chi connectivity index (χ4v) is 3.01. The third-order valence-electron chi connectivity index (χ3n) is 4.67. The molecule has 0 saturated heterocycles. The second kappa shape index (κ2) is 6.03. The largest absolute Gasteiger partial charge is 0.340 e. The summed E-state index contributed by atoms with van der Waals surface area (Å²) in [6.07, 6.45) is 3.53. The highest BCUT2D eigenvalue weighted by Crippen LogP contribution is 2.37. The van der Waals surface area contributed by atoms with Crippen molar-refractivity contribution in [1.29, 1.82) is 0 Å². The Balaban J connectivity index is 2.16. The second-order valence-corrected chi connectivity index (χ2v) is 6.33. The molecular formula is C16H26N4O. The first-order valence-electron chi connectivity index (χ1n) is 7.40. The number of aryl methyl sites for hydroxylation is 1. The molecular weight excluding hydrogens is 264 g/mol. The number of amides is 1. The Morgan fingerprint density at radius 2 is 2.00 bits per heavy atom. The van der Waals surface area contributed by atoms with Crippen LogP contribution in [0.25, 0.3) is 0 Å². The zero-order chi connectivity index (χ0) is 15.6. The van der Waals surface area contributed by atoms with Crippen molar-refractivity contribution >= 4 is 11.6 Å². The van der Waals surface area contributed by atoms with Crippen molar-refractivity contribution in [3.05, 3.63) is 29.3 Å². The number of nitrogen functional groups attached to an aromatic ring is 1. The van der Waals surface area contributed by atoms with E-state index in [0.29, 0.717) is 11.3 Å².